The molecule has 0 spiro atoms. The Hall–Kier alpha value is -1.58. The summed E-state index contributed by atoms with van der Waals surface area (Å²) in [5, 5.41) is 14.0. The van der Waals surface area contributed by atoms with E-state index in [0.717, 1.165) is 18.0 Å². The molecular formula is C16H25N3O2S. The van der Waals surface area contributed by atoms with Gasteiger partial charge in [0.25, 0.3) is 0 Å². The van der Waals surface area contributed by atoms with E-state index in [1.165, 1.54) is 0 Å². The smallest absolute Gasteiger partial charge is 0.410 e. The molecule has 1 amide bonds. The van der Waals surface area contributed by atoms with Crippen molar-refractivity contribution in [3.8, 4) is 6.07 Å². The van der Waals surface area contributed by atoms with Gasteiger partial charge in [0.05, 0.1) is 5.56 Å². The first-order valence-electron chi connectivity index (χ1n) is 7.33. The van der Waals surface area contributed by atoms with Crippen LogP contribution in [0.2, 0.25) is 0 Å². The number of nitrogens with one attached hydrogen (secondary N) is 1. The summed E-state index contributed by atoms with van der Waals surface area (Å²) in [6.45, 7) is 9.85. The van der Waals surface area contributed by atoms with Crippen LogP contribution in [0.25, 0.3) is 0 Å². The van der Waals surface area contributed by atoms with E-state index in [4.69, 9.17) is 10.00 Å². The molecule has 0 aliphatic rings. The third-order valence-electron chi connectivity index (χ3n) is 2.87. The molecule has 0 fully saturated rings. The molecule has 0 aromatic carbocycles. The van der Waals surface area contributed by atoms with Gasteiger partial charge in [-0.15, -0.1) is 11.3 Å². The van der Waals surface area contributed by atoms with E-state index in [-0.39, 0.29) is 6.09 Å². The number of ether oxygens (including phenoxy) is 1. The van der Waals surface area contributed by atoms with Gasteiger partial charge >= 0.3 is 6.09 Å². The van der Waals surface area contributed by atoms with Gasteiger partial charge in [-0.3, -0.25) is 0 Å². The van der Waals surface area contributed by atoms with Crippen molar-refractivity contribution in [2.24, 2.45) is 5.92 Å². The predicted molar refractivity (Wildman–Crippen MR) is 88.8 cm³/mol. The molecule has 0 aliphatic carbocycles. The lowest BCUT2D eigenvalue weighted by molar-refractivity contribution is 0.0277. The molecule has 0 radical (unpaired) electrons. The molecule has 1 rings (SSSR count). The Labute approximate surface area is 136 Å². The minimum absolute atomic E-state index is 0.295. The fourth-order valence-corrected chi connectivity index (χ4v) is 2.70. The van der Waals surface area contributed by atoms with E-state index >= 15 is 0 Å². The number of carbonyl (C=O) groups is 1. The molecule has 1 N–H and O–H groups in total. The number of hydrogen-bond acceptors (Lipinski definition) is 5. The maximum Gasteiger partial charge on any atom is 0.410 e. The topological polar surface area (TPSA) is 65.4 Å². The summed E-state index contributed by atoms with van der Waals surface area (Å²) >= 11 is 1.58. The Bertz CT molecular complexity index is 528. The van der Waals surface area contributed by atoms with Crippen LogP contribution < -0.4 is 5.32 Å². The van der Waals surface area contributed by atoms with Crippen LogP contribution in [0, 0.1) is 17.2 Å². The van der Waals surface area contributed by atoms with Gasteiger partial charge < -0.3 is 15.0 Å². The second-order valence-electron chi connectivity index (χ2n) is 6.51. The Morgan fingerprint density at radius 2 is 2.23 bits per heavy atom. The molecule has 1 atom stereocenters. The van der Waals surface area contributed by atoms with Crippen LogP contribution in [0.5, 0.6) is 0 Å². The molecule has 0 saturated heterocycles. The quantitative estimate of drug-likeness (QED) is 0.873. The maximum atomic E-state index is 11.9. The first-order chi connectivity index (χ1) is 10.2. The van der Waals surface area contributed by atoms with Gasteiger partial charge in [0, 0.05) is 30.4 Å². The fourth-order valence-electron chi connectivity index (χ4n) is 1.92. The second kappa shape index (κ2) is 8.16. The highest BCUT2D eigenvalue weighted by Gasteiger charge is 2.20. The van der Waals surface area contributed by atoms with Crippen LogP contribution in [0.1, 0.15) is 38.1 Å². The molecule has 5 nitrogen and oxygen atoms in total. The molecule has 22 heavy (non-hydrogen) atoms. The normalized spacial score (nSPS) is 12.5. The minimum Gasteiger partial charge on any atom is -0.444 e. The number of nitriles is 1. The van der Waals surface area contributed by atoms with Gasteiger partial charge in [0.2, 0.25) is 0 Å². The summed E-state index contributed by atoms with van der Waals surface area (Å²) < 4.78 is 5.33. The highest BCUT2D eigenvalue weighted by atomic mass is 32.1. The molecule has 122 valence electrons. The largest absolute Gasteiger partial charge is 0.444 e. The highest BCUT2D eigenvalue weighted by molar-refractivity contribution is 7.10. The van der Waals surface area contributed by atoms with Crippen LogP contribution >= 0.6 is 11.3 Å². The zero-order valence-corrected chi connectivity index (χ0v) is 14.8. The molecular weight excluding hydrogens is 298 g/mol. The third-order valence-corrected chi connectivity index (χ3v) is 3.80. The van der Waals surface area contributed by atoms with Gasteiger partial charge in [0.1, 0.15) is 11.7 Å². The van der Waals surface area contributed by atoms with Crippen LogP contribution in [0.15, 0.2) is 11.4 Å². The first-order valence-corrected chi connectivity index (χ1v) is 8.21. The number of rotatable bonds is 6. The van der Waals surface area contributed by atoms with Crippen molar-refractivity contribution in [2.75, 3.05) is 20.1 Å². The number of hydrogen-bond donors (Lipinski definition) is 1. The monoisotopic (exact) mass is 323 g/mol. The first kappa shape index (κ1) is 18.5. The lowest BCUT2D eigenvalue weighted by Crippen LogP contribution is -2.38. The van der Waals surface area contributed by atoms with Gasteiger partial charge in [-0.05, 0) is 39.3 Å². The van der Waals surface area contributed by atoms with Crippen LogP contribution in [-0.4, -0.2) is 36.7 Å². The zero-order valence-electron chi connectivity index (χ0n) is 14.0. The van der Waals surface area contributed by atoms with E-state index in [0.29, 0.717) is 18.0 Å². The van der Waals surface area contributed by atoms with E-state index in [2.05, 4.69) is 18.3 Å². The second-order valence-corrected chi connectivity index (χ2v) is 7.51. The van der Waals surface area contributed by atoms with E-state index in [1.54, 1.807) is 23.3 Å². The van der Waals surface area contributed by atoms with Crippen LogP contribution in [0.3, 0.4) is 0 Å². The average molecular weight is 323 g/mol. The summed E-state index contributed by atoms with van der Waals surface area (Å²) in [4.78, 5) is 14.6. The number of thiophene rings is 1. The Morgan fingerprint density at radius 1 is 1.55 bits per heavy atom. The van der Waals surface area contributed by atoms with Crippen molar-refractivity contribution in [3.63, 3.8) is 0 Å². The molecule has 0 aliphatic heterocycles. The Morgan fingerprint density at radius 3 is 2.77 bits per heavy atom. The number of nitrogens with zero attached hydrogens (tertiary/aromatic N) is 2. The molecule has 1 aromatic heterocycles. The molecule has 1 heterocycles. The Kier molecular flexibility index (Phi) is 6.85. The average Bonchev–Trinajstić information content (AvgIpc) is 2.84. The van der Waals surface area contributed by atoms with Crippen LogP contribution in [0.4, 0.5) is 4.79 Å². The molecule has 0 bridgehead atoms. The van der Waals surface area contributed by atoms with Crippen molar-refractivity contribution in [3.05, 3.63) is 21.9 Å². The van der Waals surface area contributed by atoms with Crippen molar-refractivity contribution in [1.82, 2.24) is 10.2 Å². The highest BCUT2D eigenvalue weighted by Crippen LogP contribution is 2.13. The van der Waals surface area contributed by atoms with Crippen molar-refractivity contribution >= 4 is 17.4 Å². The standard InChI is InChI=1S/C16H25N3O2S/c1-12(10-19(5)15(20)21-16(2,3)4)8-18-9-14-6-13(7-17)11-22-14/h6,11-12,18H,8-10H2,1-5H3. The zero-order chi connectivity index (χ0) is 16.8. The minimum atomic E-state index is -0.468. The van der Waals surface area contributed by atoms with E-state index in [9.17, 15) is 4.79 Å². The number of amides is 1. The predicted octanol–water partition coefficient (Wildman–Crippen LogP) is 3.21. The van der Waals surface area contributed by atoms with E-state index in [1.807, 2.05) is 32.2 Å². The lowest BCUT2D eigenvalue weighted by atomic mass is 10.1. The lowest BCUT2D eigenvalue weighted by Gasteiger charge is -2.26. The fraction of sp³-hybridized carbons (Fsp3) is 0.625. The van der Waals surface area contributed by atoms with Crippen molar-refractivity contribution in [1.29, 1.82) is 5.26 Å². The molecule has 1 aromatic rings. The SMILES string of the molecule is CC(CNCc1cc(C#N)cs1)CN(C)C(=O)OC(C)(C)C. The molecule has 0 saturated carbocycles. The summed E-state index contributed by atoms with van der Waals surface area (Å²) in [5.41, 5.74) is 0.240. The number of carbonyl (C=O) groups excluding carboxylic acids is 1. The maximum absolute atomic E-state index is 11.9. The third kappa shape index (κ3) is 6.92. The summed E-state index contributed by atoms with van der Waals surface area (Å²) in [6, 6.07) is 4.03. The summed E-state index contributed by atoms with van der Waals surface area (Å²) in [7, 11) is 1.75. The van der Waals surface area contributed by atoms with Crippen LogP contribution in [-0.2, 0) is 11.3 Å². The Balaban J connectivity index is 2.29. The molecule has 1 unspecified atom stereocenters. The van der Waals surface area contributed by atoms with Gasteiger partial charge in [-0.25, -0.2) is 4.79 Å². The van der Waals surface area contributed by atoms with E-state index < -0.39 is 5.60 Å². The molecule has 6 heteroatoms. The van der Waals surface area contributed by atoms with Crippen molar-refractivity contribution in [2.45, 2.75) is 39.8 Å². The van der Waals surface area contributed by atoms with Gasteiger partial charge in [-0.1, -0.05) is 6.92 Å². The summed E-state index contributed by atoms with van der Waals surface area (Å²) in [5.74, 6) is 0.313. The van der Waals surface area contributed by atoms with Crippen molar-refractivity contribution < 1.29 is 9.53 Å². The summed E-state index contributed by atoms with van der Waals surface area (Å²) in [6.07, 6.45) is -0.295. The van der Waals surface area contributed by atoms with Gasteiger partial charge in [-0.2, -0.15) is 5.26 Å². The van der Waals surface area contributed by atoms with Gasteiger partial charge in [0.15, 0.2) is 0 Å².